The van der Waals surface area contributed by atoms with Gasteiger partial charge in [0, 0.05) is 48.0 Å². The van der Waals surface area contributed by atoms with E-state index in [0.717, 1.165) is 22.8 Å². The van der Waals surface area contributed by atoms with Gasteiger partial charge in [0.05, 0.1) is 19.2 Å². The first-order valence-corrected chi connectivity index (χ1v) is 12.2. The van der Waals surface area contributed by atoms with Crippen LogP contribution in [0.5, 0.6) is 5.75 Å². The molecule has 6 nitrogen and oxygen atoms in total. The summed E-state index contributed by atoms with van der Waals surface area (Å²) in [4.78, 5) is 9.04. The molecule has 37 heavy (non-hydrogen) atoms. The van der Waals surface area contributed by atoms with E-state index in [1.807, 2.05) is 42.6 Å². The zero-order valence-electron chi connectivity index (χ0n) is 19.7. The van der Waals surface area contributed by atoms with E-state index < -0.39 is 11.7 Å². The summed E-state index contributed by atoms with van der Waals surface area (Å²) < 4.78 is 48.0. The second kappa shape index (κ2) is 10.4. The van der Waals surface area contributed by atoms with Crippen molar-refractivity contribution in [2.45, 2.75) is 19.3 Å². The number of ether oxygens (including phenoxy) is 1. The highest BCUT2D eigenvalue weighted by Gasteiger charge is 2.32. The Bertz CT molecular complexity index is 1480. The summed E-state index contributed by atoms with van der Waals surface area (Å²) in [5.74, 6) is 0.704. The third kappa shape index (κ3) is 5.49. The molecule has 0 atom stereocenters. The summed E-state index contributed by atoms with van der Waals surface area (Å²) in [5, 5.41) is 8.86. The van der Waals surface area contributed by atoms with Gasteiger partial charge in [0.1, 0.15) is 21.5 Å². The first-order chi connectivity index (χ1) is 17.9. The zero-order valence-corrected chi connectivity index (χ0v) is 20.6. The number of anilines is 1. The average molecular weight is 522 g/mol. The molecule has 0 bridgehead atoms. The largest absolute Gasteiger partial charge is 0.496 e. The minimum absolute atomic E-state index is 0.00629. The molecule has 5 rings (SSSR count). The molecule has 0 amide bonds. The van der Waals surface area contributed by atoms with Crippen LogP contribution >= 0.6 is 11.3 Å². The number of pyridine rings is 1. The monoisotopic (exact) mass is 521 g/mol. The zero-order chi connectivity index (χ0) is 25.8. The smallest absolute Gasteiger partial charge is 0.416 e. The molecule has 2 aromatic carbocycles. The number of alkyl halides is 3. The number of methoxy groups -OCH3 is 1. The molecular formula is C27H22F3N5OS. The predicted molar refractivity (Wildman–Crippen MR) is 137 cm³/mol. The van der Waals surface area contributed by atoms with E-state index in [9.17, 15) is 13.2 Å². The highest BCUT2D eigenvalue weighted by Crippen LogP contribution is 2.40. The maximum absolute atomic E-state index is 13.6. The standard InChI is InChI=1S/C27H22F3N5OS/c1-36-23-10-9-18(14-21(23)17-35-13-5-12-33-35)24-26(37-25(34-24)20-7-4-11-31-15-20)32-16-19-6-2-3-8-22(19)27(28,29)30/h2-15,32H,16-17H2,1H3. The highest BCUT2D eigenvalue weighted by molar-refractivity contribution is 7.19. The molecule has 0 aliphatic heterocycles. The van der Waals surface area contributed by atoms with Crippen LogP contribution in [0.1, 0.15) is 16.7 Å². The van der Waals surface area contributed by atoms with Crippen LogP contribution in [0.15, 0.2) is 85.5 Å². The van der Waals surface area contributed by atoms with Crippen molar-refractivity contribution in [3.05, 3.63) is 102 Å². The SMILES string of the molecule is COc1ccc(-c2nc(-c3cccnc3)sc2NCc2ccccc2C(F)(F)F)cc1Cn1cccn1. The molecule has 0 aliphatic carbocycles. The minimum atomic E-state index is -4.44. The molecule has 0 radical (unpaired) electrons. The summed E-state index contributed by atoms with van der Waals surface area (Å²) in [5.41, 5.74) is 2.66. The second-order valence-corrected chi connectivity index (χ2v) is 9.18. The van der Waals surface area contributed by atoms with Crippen LogP contribution in [-0.4, -0.2) is 26.9 Å². The van der Waals surface area contributed by atoms with E-state index >= 15 is 0 Å². The molecule has 0 aliphatic rings. The quantitative estimate of drug-likeness (QED) is 0.245. The van der Waals surface area contributed by atoms with Crippen LogP contribution in [-0.2, 0) is 19.3 Å². The highest BCUT2D eigenvalue weighted by atomic mass is 32.1. The number of halogens is 3. The van der Waals surface area contributed by atoms with Crippen molar-refractivity contribution in [3.63, 3.8) is 0 Å². The van der Waals surface area contributed by atoms with E-state index in [1.54, 1.807) is 36.4 Å². The Morgan fingerprint density at radius 3 is 2.57 bits per heavy atom. The maximum Gasteiger partial charge on any atom is 0.416 e. The molecule has 3 aromatic heterocycles. The van der Waals surface area contributed by atoms with Crippen LogP contribution in [0.3, 0.4) is 0 Å². The Hall–Kier alpha value is -4.18. The van der Waals surface area contributed by atoms with Gasteiger partial charge in [-0.15, -0.1) is 0 Å². The molecule has 0 saturated heterocycles. The maximum atomic E-state index is 13.6. The average Bonchev–Trinajstić information content (AvgIpc) is 3.58. The van der Waals surface area contributed by atoms with Crippen molar-refractivity contribution in [2.75, 3.05) is 12.4 Å². The Morgan fingerprint density at radius 1 is 0.973 bits per heavy atom. The van der Waals surface area contributed by atoms with Gasteiger partial charge in [-0.1, -0.05) is 29.5 Å². The van der Waals surface area contributed by atoms with Crippen LogP contribution < -0.4 is 10.1 Å². The number of hydrogen-bond donors (Lipinski definition) is 1. The summed E-state index contributed by atoms with van der Waals surface area (Å²) >= 11 is 1.37. The number of nitrogens with one attached hydrogen (secondary N) is 1. The number of aromatic nitrogens is 4. The van der Waals surface area contributed by atoms with E-state index in [1.165, 1.54) is 23.5 Å². The van der Waals surface area contributed by atoms with E-state index in [0.29, 0.717) is 28.0 Å². The van der Waals surface area contributed by atoms with Crippen LogP contribution in [0.4, 0.5) is 18.2 Å². The molecule has 3 heterocycles. The van der Waals surface area contributed by atoms with Gasteiger partial charge in [0.25, 0.3) is 0 Å². The third-order valence-electron chi connectivity index (χ3n) is 5.74. The lowest BCUT2D eigenvalue weighted by atomic mass is 10.1. The molecule has 0 saturated carbocycles. The fourth-order valence-electron chi connectivity index (χ4n) is 3.99. The van der Waals surface area contributed by atoms with Crippen molar-refractivity contribution in [3.8, 4) is 27.6 Å². The van der Waals surface area contributed by atoms with Gasteiger partial charge in [-0.3, -0.25) is 9.67 Å². The summed E-state index contributed by atoms with van der Waals surface area (Å²) in [6.07, 6.45) is 2.52. The molecule has 0 unspecified atom stereocenters. The lowest BCUT2D eigenvalue weighted by Gasteiger charge is -2.14. The number of thiazole rings is 1. The number of rotatable bonds is 8. The first kappa shape index (κ1) is 24.5. The van der Waals surface area contributed by atoms with Gasteiger partial charge in [-0.05, 0) is 48.0 Å². The predicted octanol–water partition coefficient (Wildman–Crippen LogP) is 6.76. The normalized spacial score (nSPS) is 11.5. The van der Waals surface area contributed by atoms with Gasteiger partial charge in [0.15, 0.2) is 0 Å². The lowest BCUT2D eigenvalue weighted by molar-refractivity contribution is -0.138. The van der Waals surface area contributed by atoms with E-state index in [2.05, 4.69) is 15.4 Å². The summed E-state index contributed by atoms with van der Waals surface area (Å²) in [6, 6.07) is 16.9. The molecule has 10 heteroatoms. The van der Waals surface area contributed by atoms with Crippen molar-refractivity contribution >= 4 is 16.3 Å². The topological polar surface area (TPSA) is 64.9 Å². The van der Waals surface area contributed by atoms with Crippen LogP contribution in [0.25, 0.3) is 21.8 Å². The second-order valence-electron chi connectivity index (χ2n) is 8.18. The Kier molecular flexibility index (Phi) is 6.91. The number of hydrogen-bond acceptors (Lipinski definition) is 6. The molecule has 0 fully saturated rings. The van der Waals surface area contributed by atoms with Crippen molar-refractivity contribution in [1.29, 1.82) is 0 Å². The van der Waals surface area contributed by atoms with Gasteiger partial charge < -0.3 is 10.1 Å². The van der Waals surface area contributed by atoms with Gasteiger partial charge in [0.2, 0.25) is 0 Å². The third-order valence-corrected chi connectivity index (χ3v) is 6.81. The minimum Gasteiger partial charge on any atom is -0.496 e. The summed E-state index contributed by atoms with van der Waals surface area (Å²) in [7, 11) is 1.61. The molecule has 5 aromatic rings. The number of benzene rings is 2. The molecule has 1 N–H and O–H groups in total. The fourth-order valence-corrected chi connectivity index (χ4v) is 4.97. The Morgan fingerprint density at radius 2 is 1.84 bits per heavy atom. The van der Waals surface area contributed by atoms with Gasteiger partial charge in [-0.2, -0.15) is 18.3 Å². The van der Waals surface area contributed by atoms with E-state index in [-0.39, 0.29) is 12.1 Å². The fraction of sp³-hybridized carbons (Fsp3) is 0.148. The molecular weight excluding hydrogens is 499 g/mol. The number of nitrogens with zero attached hydrogens (tertiary/aromatic N) is 4. The molecule has 188 valence electrons. The van der Waals surface area contributed by atoms with Gasteiger partial charge in [-0.25, -0.2) is 4.98 Å². The van der Waals surface area contributed by atoms with Crippen LogP contribution in [0.2, 0.25) is 0 Å². The Balaban J connectivity index is 1.54. The van der Waals surface area contributed by atoms with Gasteiger partial charge >= 0.3 is 6.18 Å². The lowest BCUT2D eigenvalue weighted by Crippen LogP contribution is -2.11. The van der Waals surface area contributed by atoms with Crippen molar-refractivity contribution in [1.82, 2.24) is 19.7 Å². The van der Waals surface area contributed by atoms with Crippen LogP contribution in [0, 0.1) is 0 Å². The Labute approximate surface area is 215 Å². The first-order valence-electron chi connectivity index (χ1n) is 11.4. The van der Waals surface area contributed by atoms with E-state index in [4.69, 9.17) is 9.72 Å². The molecule has 0 spiro atoms. The van der Waals surface area contributed by atoms with Crippen molar-refractivity contribution in [2.24, 2.45) is 0 Å². The van der Waals surface area contributed by atoms with Crippen molar-refractivity contribution < 1.29 is 17.9 Å². The summed E-state index contributed by atoms with van der Waals surface area (Å²) in [6.45, 7) is 0.485.